The molecule has 0 aromatic carbocycles. The zero-order valence-corrected chi connectivity index (χ0v) is 12.0. The Morgan fingerprint density at radius 1 is 1.35 bits per heavy atom. The van der Waals surface area contributed by atoms with Crippen molar-refractivity contribution >= 4 is 5.91 Å². The predicted molar refractivity (Wildman–Crippen MR) is 78.4 cm³/mol. The van der Waals surface area contributed by atoms with Gasteiger partial charge in [-0.05, 0) is 32.8 Å². The number of carbonyl (C=O) groups is 1. The summed E-state index contributed by atoms with van der Waals surface area (Å²) in [5, 5.41) is 13.0. The molecule has 0 bridgehead atoms. The molecule has 0 unspecified atom stereocenters. The maximum Gasteiger partial charge on any atom is 0.270 e. The van der Waals surface area contributed by atoms with Crippen molar-refractivity contribution in [1.29, 1.82) is 0 Å². The van der Waals surface area contributed by atoms with Crippen LogP contribution in [0.5, 0.6) is 0 Å². The molecular weight excluding hydrogens is 254 g/mol. The van der Waals surface area contributed by atoms with Crippen molar-refractivity contribution in [3.63, 3.8) is 0 Å². The number of rotatable bonds is 7. The molecule has 0 spiro atoms. The van der Waals surface area contributed by atoms with E-state index in [2.05, 4.69) is 28.4 Å². The van der Waals surface area contributed by atoms with Gasteiger partial charge in [0, 0.05) is 12.2 Å². The topological polar surface area (TPSA) is 75.1 Å². The van der Waals surface area contributed by atoms with E-state index in [0.29, 0.717) is 24.4 Å². The minimum absolute atomic E-state index is 0.117. The van der Waals surface area contributed by atoms with E-state index in [9.17, 15) is 9.90 Å². The number of nitrogens with zero attached hydrogens (tertiary/aromatic N) is 2. The summed E-state index contributed by atoms with van der Waals surface area (Å²) in [7, 11) is 0. The quantitative estimate of drug-likeness (QED) is 0.743. The van der Waals surface area contributed by atoms with Gasteiger partial charge in [-0.3, -0.25) is 4.79 Å². The third-order valence-electron chi connectivity index (χ3n) is 2.83. The van der Waals surface area contributed by atoms with Gasteiger partial charge in [0.1, 0.15) is 11.5 Å². The summed E-state index contributed by atoms with van der Waals surface area (Å²) in [5.41, 5.74) is -0.0272. The molecule has 0 saturated carbocycles. The first-order chi connectivity index (χ1) is 9.40. The zero-order valence-electron chi connectivity index (χ0n) is 12.0. The first-order valence-corrected chi connectivity index (χ1v) is 6.45. The highest BCUT2D eigenvalue weighted by atomic mass is 16.3. The highest BCUT2D eigenvalue weighted by Crippen LogP contribution is 2.15. The molecule has 0 aliphatic rings. The van der Waals surface area contributed by atoms with E-state index < -0.39 is 5.60 Å². The number of nitrogens with one attached hydrogen (secondary N) is 1. The fourth-order valence-electron chi connectivity index (χ4n) is 1.93. The van der Waals surface area contributed by atoms with E-state index in [4.69, 9.17) is 0 Å². The molecule has 0 saturated heterocycles. The number of hydrogen-bond acceptors (Lipinski definition) is 4. The molecule has 2 N–H and O–H groups in total. The number of aryl methyl sites for hydroxylation is 2. The molecule has 20 heavy (non-hydrogen) atoms. The number of aromatic nitrogens is 2. The van der Waals surface area contributed by atoms with Crippen molar-refractivity contribution in [1.82, 2.24) is 15.3 Å². The molecule has 1 amide bonds. The third kappa shape index (κ3) is 4.59. The third-order valence-corrected chi connectivity index (χ3v) is 2.83. The van der Waals surface area contributed by atoms with E-state index in [0.717, 1.165) is 5.69 Å². The van der Waals surface area contributed by atoms with Crippen LogP contribution in [0.15, 0.2) is 31.4 Å². The van der Waals surface area contributed by atoms with Crippen molar-refractivity contribution in [3.05, 3.63) is 48.6 Å². The first-order valence-electron chi connectivity index (χ1n) is 6.45. The number of carbonyl (C=O) groups excluding carboxylic acids is 1. The molecule has 0 aliphatic heterocycles. The Bertz CT molecular complexity index is 482. The Labute approximate surface area is 119 Å². The van der Waals surface area contributed by atoms with Crippen LogP contribution in [0, 0.1) is 13.8 Å². The second-order valence-electron chi connectivity index (χ2n) is 4.83. The Morgan fingerprint density at radius 3 is 2.45 bits per heavy atom. The number of aliphatic hydroxyl groups is 1. The monoisotopic (exact) mass is 275 g/mol. The molecule has 108 valence electrons. The van der Waals surface area contributed by atoms with Gasteiger partial charge in [-0.15, -0.1) is 13.2 Å². The molecule has 1 aromatic rings. The summed E-state index contributed by atoms with van der Waals surface area (Å²) in [5.74, 6) is 0.216. The molecule has 0 fully saturated rings. The average molecular weight is 275 g/mol. The van der Waals surface area contributed by atoms with E-state index >= 15 is 0 Å². The molecule has 5 nitrogen and oxygen atoms in total. The van der Waals surface area contributed by atoms with Crippen LogP contribution < -0.4 is 5.32 Å². The normalized spacial score (nSPS) is 10.9. The molecule has 0 radical (unpaired) electrons. The smallest absolute Gasteiger partial charge is 0.270 e. The molecule has 0 aliphatic carbocycles. The van der Waals surface area contributed by atoms with Crippen LogP contribution in [0.3, 0.4) is 0 Å². The summed E-state index contributed by atoms with van der Waals surface area (Å²) in [4.78, 5) is 20.2. The van der Waals surface area contributed by atoms with Crippen LogP contribution in [-0.2, 0) is 0 Å². The highest BCUT2D eigenvalue weighted by Gasteiger charge is 2.25. The SMILES string of the molecule is C=CCC(O)(CC=C)CNC(=O)c1cc(C)nc(C)n1. The Morgan fingerprint density at radius 2 is 1.95 bits per heavy atom. The van der Waals surface area contributed by atoms with Crippen LogP contribution >= 0.6 is 0 Å². The fourth-order valence-corrected chi connectivity index (χ4v) is 1.93. The van der Waals surface area contributed by atoms with Gasteiger partial charge < -0.3 is 10.4 Å². The molecule has 1 aromatic heterocycles. The molecule has 1 rings (SSSR count). The maximum absolute atomic E-state index is 12.0. The van der Waals surface area contributed by atoms with Crippen LogP contribution in [0.25, 0.3) is 0 Å². The van der Waals surface area contributed by atoms with Gasteiger partial charge in [0.15, 0.2) is 0 Å². The molecule has 5 heteroatoms. The Balaban J connectivity index is 2.74. The summed E-state index contributed by atoms with van der Waals surface area (Å²) >= 11 is 0. The van der Waals surface area contributed by atoms with Gasteiger partial charge in [-0.1, -0.05) is 12.2 Å². The highest BCUT2D eigenvalue weighted by molar-refractivity contribution is 5.92. The summed E-state index contributed by atoms with van der Waals surface area (Å²) in [6.07, 6.45) is 3.99. The van der Waals surface area contributed by atoms with Gasteiger partial charge in [0.25, 0.3) is 5.91 Å². The van der Waals surface area contributed by atoms with Crippen LogP contribution in [0.1, 0.15) is 34.8 Å². The molecule has 1 heterocycles. The van der Waals surface area contributed by atoms with Crippen molar-refractivity contribution in [3.8, 4) is 0 Å². The van der Waals surface area contributed by atoms with E-state index in [-0.39, 0.29) is 12.5 Å². The minimum Gasteiger partial charge on any atom is -0.387 e. The predicted octanol–water partition coefficient (Wildman–Crippen LogP) is 1.71. The molecular formula is C15H21N3O2. The van der Waals surface area contributed by atoms with E-state index in [1.54, 1.807) is 32.1 Å². The van der Waals surface area contributed by atoms with E-state index in [1.165, 1.54) is 0 Å². The van der Waals surface area contributed by atoms with Crippen molar-refractivity contribution < 1.29 is 9.90 Å². The van der Waals surface area contributed by atoms with Crippen molar-refractivity contribution in [2.24, 2.45) is 0 Å². The lowest BCUT2D eigenvalue weighted by Gasteiger charge is -2.25. The Hall–Kier alpha value is -2.01. The summed E-state index contributed by atoms with van der Waals surface area (Å²) in [6.45, 7) is 10.9. The molecule has 0 atom stereocenters. The van der Waals surface area contributed by atoms with Crippen molar-refractivity contribution in [2.45, 2.75) is 32.3 Å². The van der Waals surface area contributed by atoms with E-state index in [1.807, 2.05) is 0 Å². The largest absolute Gasteiger partial charge is 0.387 e. The van der Waals surface area contributed by atoms with Crippen LogP contribution in [0.4, 0.5) is 0 Å². The zero-order chi connectivity index (χ0) is 15.2. The van der Waals surface area contributed by atoms with Crippen molar-refractivity contribution in [2.75, 3.05) is 6.54 Å². The van der Waals surface area contributed by atoms with Crippen LogP contribution in [0.2, 0.25) is 0 Å². The second-order valence-corrected chi connectivity index (χ2v) is 4.83. The standard InChI is InChI=1S/C15H21N3O2/c1-5-7-15(20,8-6-2)10-16-14(19)13-9-11(3)17-12(4)18-13/h5-6,9,20H,1-2,7-8,10H2,3-4H3,(H,16,19). The van der Waals surface area contributed by atoms with Gasteiger partial charge >= 0.3 is 0 Å². The lowest BCUT2D eigenvalue weighted by atomic mass is 9.95. The maximum atomic E-state index is 12.0. The lowest BCUT2D eigenvalue weighted by molar-refractivity contribution is 0.0436. The first kappa shape index (κ1) is 16.0. The van der Waals surface area contributed by atoms with Gasteiger partial charge in [-0.2, -0.15) is 0 Å². The Kier molecular flexibility index (Phi) is 5.58. The number of amides is 1. The minimum atomic E-state index is -1.06. The van der Waals surface area contributed by atoms with Gasteiger partial charge in [0.05, 0.1) is 5.60 Å². The van der Waals surface area contributed by atoms with Crippen LogP contribution in [-0.4, -0.2) is 33.1 Å². The van der Waals surface area contributed by atoms with Gasteiger partial charge in [-0.25, -0.2) is 9.97 Å². The lowest BCUT2D eigenvalue weighted by Crippen LogP contribution is -2.42. The van der Waals surface area contributed by atoms with Gasteiger partial charge in [0.2, 0.25) is 0 Å². The summed E-state index contributed by atoms with van der Waals surface area (Å²) in [6, 6.07) is 1.61. The number of hydrogen-bond donors (Lipinski definition) is 2. The second kappa shape index (κ2) is 6.96. The fraction of sp³-hybridized carbons (Fsp3) is 0.400. The average Bonchev–Trinajstić information content (AvgIpc) is 2.35. The summed E-state index contributed by atoms with van der Waals surface area (Å²) < 4.78 is 0.